The number of hydrogen-bond donors (Lipinski definition) is 2. The summed E-state index contributed by atoms with van der Waals surface area (Å²) in [5.74, 6) is 0.0611. The number of aryl methyl sites for hydroxylation is 1. The van der Waals surface area contributed by atoms with E-state index >= 15 is 0 Å². The topological polar surface area (TPSA) is 58.2 Å². The van der Waals surface area contributed by atoms with Crippen molar-refractivity contribution in [3.05, 3.63) is 28.2 Å². The van der Waals surface area contributed by atoms with Gasteiger partial charge in [-0.25, -0.2) is 8.42 Å². The Bertz CT molecular complexity index is 501. The van der Waals surface area contributed by atoms with Gasteiger partial charge in [-0.3, -0.25) is 4.72 Å². The van der Waals surface area contributed by atoms with Gasteiger partial charge in [0, 0.05) is 17.1 Å². The second-order valence-electron chi connectivity index (χ2n) is 4.47. The van der Waals surface area contributed by atoms with Crippen LogP contribution in [0.5, 0.6) is 0 Å². The van der Waals surface area contributed by atoms with Gasteiger partial charge in [0.15, 0.2) is 0 Å². The Morgan fingerprint density at radius 2 is 2.00 bits per heavy atom. The first-order valence-electron chi connectivity index (χ1n) is 5.81. The molecule has 0 amide bonds. The fourth-order valence-electron chi connectivity index (χ4n) is 1.43. The summed E-state index contributed by atoms with van der Waals surface area (Å²) in [5.41, 5.74) is 1.58. The zero-order chi connectivity index (χ0) is 13.8. The Hall–Kier alpha value is -0.590. The lowest BCUT2D eigenvalue weighted by molar-refractivity contribution is 0.582. The van der Waals surface area contributed by atoms with E-state index in [4.69, 9.17) is 0 Å². The van der Waals surface area contributed by atoms with Crippen molar-refractivity contribution in [1.82, 2.24) is 5.32 Å². The van der Waals surface area contributed by atoms with Gasteiger partial charge in [0.05, 0.1) is 11.4 Å². The molecule has 0 bridgehead atoms. The smallest absolute Gasteiger partial charge is 0.234 e. The number of rotatable bonds is 6. The van der Waals surface area contributed by atoms with E-state index < -0.39 is 10.0 Å². The molecule has 0 spiro atoms. The first-order valence-corrected chi connectivity index (χ1v) is 8.25. The SMILES string of the molecule is Cc1cccc(NS(=O)(=O)CCNC(C)C)c1Br. The molecule has 0 heterocycles. The van der Waals surface area contributed by atoms with Crippen molar-refractivity contribution >= 4 is 31.6 Å². The maximum absolute atomic E-state index is 11.9. The van der Waals surface area contributed by atoms with Crippen molar-refractivity contribution in [3.8, 4) is 0 Å². The molecule has 0 atom stereocenters. The van der Waals surface area contributed by atoms with Crippen molar-refractivity contribution in [3.63, 3.8) is 0 Å². The second-order valence-corrected chi connectivity index (χ2v) is 7.10. The number of anilines is 1. The molecule has 0 aromatic heterocycles. The third-order valence-electron chi connectivity index (χ3n) is 2.38. The molecule has 0 aliphatic rings. The maximum atomic E-state index is 11.9. The largest absolute Gasteiger partial charge is 0.313 e. The van der Waals surface area contributed by atoms with E-state index in [1.54, 1.807) is 6.07 Å². The molecule has 0 saturated heterocycles. The Morgan fingerprint density at radius 3 is 2.61 bits per heavy atom. The van der Waals surface area contributed by atoms with E-state index in [1.807, 2.05) is 32.9 Å². The molecule has 0 aliphatic heterocycles. The normalized spacial score (nSPS) is 11.8. The molecule has 102 valence electrons. The van der Waals surface area contributed by atoms with Gasteiger partial charge in [-0.15, -0.1) is 0 Å². The van der Waals surface area contributed by atoms with Crippen molar-refractivity contribution in [2.45, 2.75) is 26.8 Å². The van der Waals surface area contributed by atoms with Gasteiger partial charge in [0.1, 0.15) is 0 Å². The van der Waals surface area contributed by atoms with E-state index in [-0.39, 0.29) is 11.8 Å². The van der Waals surface area contributed by atoms with Crippen molar-refractivity contribution < 1.29 is 8.42 Å². The highest BCUT2D eigenvalue weighted by Crippen LogP contribution is 2.26. The van der Waals surface area contributed by atoms with Crippen molar-refractivity contribution in [2.24, 2.45) is 0 Å². The van der Waals surface area contributed by atoms with Crippen LogP contribution in [0.25, 0.3) is 0 Å². The first kappa shape index (κ1) is 15.5. The van der Waals surface area contributed by atoms with Crippen LogP contribution in [-0.4, -0.2) is 26.8 Å². The molecule has 0 unspecified atom stereocenters. The minimum Gasteiger partial charge on any atom is -0.313 e. The fourth-order valence-corrected chi connectivity index (χ4v) is 2.92. The van der Waals surface area contributed by atoms with Gasteiger partial charge < -0.3 is 5.32 Å². The standard InChI is InChI=1S/C12H19BrN2O2S/c1-9(2)14-7-8-18(16,17)15-11-6-4-5-10(3)12(11)13/h4-6,9,14-15H,7-8H2,1-3H3. The molecule has 0 saturated carbocycles. The molecule has 1 rings (SSSR count). The van der Waals surface area contributed by atoms with Gasteiger partial charge in [0.2, 0.25) is 10.0 Å². The molecule has 0 aliphatic carbocycles. The van der Waals surface area contributed by atoms with Crippen LogP contribution in [0.2, 0.25) is 0 Å². The van der Waals surface area contributed by atoms with Crippen LogP contribution in [0.1, 0.15) is 19.4 Å². The Labute approximate surface area is 117 Å². The average molecular weight is 335 g/mol. The summed E-state index contributed by atoms with van der Waals surface area (Å²) < 4.78 is 27.1. The van der Waals surface area contributed by atoms with Gasteiger partial charge >= 0.3 is 0 Å². The summed E-state index contributed by atoms with van der Waals surface area (Å²) in [7, 11) is -3.31. The summed E-state index contributed by atoms with van der Waals surface area (Å²) >= 11 is 3.38. The molecule has 18 heavy (non-hydrogen) atoms. The van der Waals surface area contributed by atoms with E-state index in [9.17, 15) is 8.42 Å². The van der Waals surface area contributed by atoms with Crippen LogP contribution >= 0.6 is 15.9 Å². The quantitative estimate of drug-likeness (QED) is 0.840. The molecule has 1 aromatic carbocycles. The summed E-state index contributed by atoms with van der Waals surface area (Å²) in [5, 5.41) is 3.08. The minimum atomic E-state index is -3.31. The van der Waals surface area contributed by atoms with Crippen LogP contribution in [0.15, 0.2) is 22.7 Å². The van der Waals surface area contributed by atoms with E-state index in [0.29, 0.717) is 12.2 Å². The van der Waals surface area contributed by atoms with E-state index in [0.717, 1.165) is 10.0 Å². The molecular weight excluding hydrogens is 316 g/mol. The molecule has 0 radical (unpaired) electrons. The molecule has 4 nitrogen and oxygen atoms in total. The summed E-state index contributed by atoms with van der Waals surface area (Å²) in [6.07, 6.45) is 0. The average Bonchev–Trinajstić information content (AvgIpc) is 2.23. The number of sulfonamides is 1. The number of hydrogen-bond acceptors (Lipinski definition) is 3. The van der Waals surface area contributed by atoms with Crippen LogP contribution in [-0.2, 0) is 10.0 Å². The number of halogens is 1. The van der Waals surface area contributed by atoms with Crippen LogP contribution in [0.3, 0.4) is 0 Å². The van der Waals surface area contributed by atoms with Crippen molar-refractivity contribution in [2.75, 3.05) is 17.0 Å². The van der Waals surface area contributed by atoms with Crippen molar-refractivity contribution in [1.29, 1.82) is 0 Å². The Morgan fingerprint density at radius 1 is 1.33 bits per heavy atom. The molecule has 6 heteroatoms. The lowest BCUT2D eigenvalue weighted by atomic mass is 10.2. The number of benzene rings is 1. The number of nitrogens with one attached hydrogen (secondary N) is 2. The zero-order valence-corrected chi connectivity index (χ0v) is 13.2. The fraction of sp³-hybridized carbons (Fsp3) is 0.500. The van der Waals surface area contributed by atoms with Crippen LogP contribution < -0.4 is 10.0 Å². The molecule has 2 N–H and O–H groups in total. The van der Waals surface area contributed by atoms with Gasteiger partial charge in [-0.05, 0) is 34.5 Å². The van der Waals surface area contributed by atoms with Gasteiger partial charge in [0.25, 0.3) is 0 Å². The molecular formula is C12H19BrN2O2S. The predicted molar refractivity (Wildman–Crippen MR) is 79.4 cm³/mol. The summed E-state index contributed by atoms with van der Waals surface area (Å²) in [6, 6.07) is 5.77. The third kappa shape index (κ3) is 4.96. The summed E-state index contributed by atoms with van der Waals surface area (Å²) in [4.78, 5) is 0. The zero-order valence-electron chi connectivity index (χ0n) is 10.8. The van der Waals surface area contributed by atoms with Gasteiger partial charge in [-0.1, -0.05) is 26.0 Å². The molecule has 0 fully saturated rings. The lowest BCUT2D eigenvalue weighted by Crippen LogP contribution is -2.31. The Balaban J connectivity index is 2.68. The predicted octanol–water partition coefficient (Wildman–Crippen LogP) is 2.50. The lowest BCUT2D eigenvalue weighted by Gasteiger charge is -2.12. The third-order valence-corrected chi connectivity index (χ3v) is 4.71. The van der Waals surface area contributed by atoms with Crippen LogP contribution in [0.4, 0.5) is 5.69 Å². The highest BCUT2D eigenvalue weighted by molar-refractivity contribution is 9.10. The minimum absolute atomic E-state index is 0.0611. The van der Waals surface area contributed by atoms with Crippen LogP contribution in [0, 0.1) is 6.92 Å². The van der Waals surface area contributed by atoms with Gasteiger partial charge in [-0.2, -0.15) is 0 Å². The van der Waals surface area contributed by atoms with E-state index in [1.165, 1.54) is 0 Å². The highest BCUT2D eigenvalue weighted by Gasteiger charge is 2.12. The monoisotopic (exact) mass is 334 g/mol. The maximum Gasteiger partial charge on any atom is 0.234 e. The highest BCUT2D eigenvalue weighted by atomic mass is 79.9. The first-order chi connectivity index (χ1) is 8.32. The van der Waals surface area contributed by atoms with E-state index in [2.05, 4.69) is 26.0 Å². The molecule has 1 aromatic rings. The Kier molecular flexibility index (Phi) is 5.62. The summed E-state index contributed by atoms with van der Waals surface area (Å²) in [6.45, 7) is 6.33. The second kappa shape index (κ2) is 6.54.